The van der Waals surface area contributed by atoms with Crippen LogP contribution in [0, 0.1) is 0 Å². The zero-order valence-corrected chi connectivity index (χ0v) is 15.3. The van der Waals surface area contributed by atoms with Crippen LogP contribution in [-0.2, 0) is 17.9 Å². The van der Waals surface area contributed by atoms with Crippen molar-refractivity contribution >= 4 is 5.91 Å². The van der Waals surface area contributed by atoms with Crippen molar-refractivity contribution in [1.82, 2.24) is 14.8 Å². The van der Waals surface area contributed by atoms with Crippen LogP contribution in [-0.4, -0.2) is 58.1 Å². The van der Waals surface area contributed by atoms with Crippen molar-refractivity contribution < 1.29 is 14.6 Å². The van der Waals surface area contributed by atoms with Crippen LogP contribution in [0.1, 0.15) is 11.1 Å². The molecule has 0 aliphatic carbocycles. The molecule has 6 nitrogen and oxygen atoms in total. The molecule has 1 amide bonds. The number of carbonyl (C=O) groups is 1. The number of aliphatic hydroxyl groups is 1. The molecule has 3 rings (SSSR count). The Morgan fingerprint density at radius 3 is 2.85 bits per heavy atom. The maximum absolute atomic E-state index is 12.7. The number of amides is 1. The summed E-state index contributed by atoms with van der Waals surface area (Å²) in [5.74, 6) is 0.774. The lowest BCUT2D eigenvalue weighted by molar-refractivity contribution is -0.132. The molecule has 0 saturated carbocycles. The summed E-state index contributed by atoms with van der Waals surface area (Å²) in [6, 6.07) is 11.5. The molecule has 142 valence electrons. The molecule has 27 heavy (non-hydrogen) atoms. The van der Waals surface area contributed by atoms with Crippen molar-refractivity contribution in [2.24, 2.45) is 0 Å². The first kappa shape index (κ1) is 19.1. The Morgan fingerprint density at radius 1 is 1.22 bits per heavy atom. The number of aliphatic hydroxyl groups excluding tert-OH is 1. The molecule has 1 aromatic heterocycles. The van der Waals surface area contributed by atoms with Crippen LogP contribution >= 0.6 is 0 Å². The number of β-amino-alcohol motifs (C(OH)–C–C–N with tert-alkyl or cyclic N) is 1. The van der Waals surface area contributed by atoms with E-state index in [1.54, 1.807) is 23.4 Å². The summed E-state index contributed by atoms with van der Waals surface area (Å²) < 4.78 is 5.70. The molecule has 1 unspecified atom stereocenters. The topological polar surface area (TPSA) is 65.9 Å². The first-order valence-electron chi connectivity index (χ1n) is 9.04. The monoisotopic (exact) mass is 367 g/mol. The predicted octanol–water partition coefficient (Wildman–Crippen LogP) is 1.85. The lowest BCUT2D eigenvalue weighted by Gasteiger charge is -2.22. The van der Waals surface area contributed by atoms with E-state index >= 15 is 0 Å². The Balaban J connectivity index is 1.68. The summed E-state index contributed by atoms with van der Waals surface area (Å²) in [6.45, 7) is 6.11. The minimum absolute atomic E-state index is 0.0000981. The van der Waals surface area contributed by atoms with E-state index in [1.807, 2.05) is 41.3 Å². The number of carbonyl (C=O) groups excluding carboxylic acids is 1. The van der Waals surface area contributed by atoms with Gasteiger partial charge >= 0.3 is 0 Å². The highest BCUT2D eigenvalue weighted by atomic mass is 16.5. The largest absolute Gasteiger partial charge is 0.489 e. The summed E-state index contributed by atoms with van der Waals surface area (Å²) in [5, 5.41) is 10.4. The Hall–Kier alpha value is -2.70. The number of rotatable bonds is 7. The number of pyridine rings is 1. The molecule has 1 saturated heterocycles. The lowest BCUT2D eigenvalue weighted by Crippen LogP contribution is -2.36. The van der Waals surface area contributed by atoms with Crippen molar-refractivity contribution in [3.63, 3.8) is 0 Å². The molecule has 2 heterocycles. The van der Waals surface area contributed by atoms with Gasteiger partial charge < -0.3 is 14.7 Å². The van der Waals surface area contributed by atoms with Gasteiger partial charge in [-0.25, -0.2) is 0 Å². The fourth-order valence-electron chi connectivity index (χ4n) is 3.22. The average Bonchev–Trinajstić information content (AvgIpc) is 2.79. The summed E-state index contributed by atoms with van der Waals surface area (Å²) in [6.07, 6.45) is 4.55. The van der Waals surface area contributed by atoms with Crippen LogP contribution in [0.25, 0.3) is 0 Å². The Labute approximate surface area is 159 Å². The van der Waals surface area contributed by atoms with Gasteiger partial charge in [0, 0.05) is 44.1 Å². The van der Waals surface area contributed by atoms with Gasteiger partial charge in [0.25, 0.3) is 0 Å². The number of nitrogens with zero attached hydrogens (tertiary/aromatic N) is 3. The molecule has 1 fully saturated rings. The summed E-state index contributed by atoms with van der Waals surface area (Å²) >= 11 is 0. The molecule has 0 bridgehead atoms. The highest BCUT2D eigenvalue weighted by Gasteiger charge is 2.27. The van der Waals surface area contributed by atoms with E-state index in [-0.39, 0.29) is 12.5 Å². The second-order valence-corrected chi connectivity index (χ2v) is 6.67. The zero-order chi connectivity index (χ0) is 19.1. The highest BCUT2D eigenvalue weighted by Crippen LogP contribution is 2.21. The quantitative estimate of drug-likeness (QED) is 0.757. The minimum Gasteiger partial charge on any atom is -0.489 e. The number of ether oxygens (including phenoxy) is 1. The third-order valence-corrected chi connectivity index (χ3v) is 4.43. The number of hydrogen-bond donors (Lipinski definition) is 1. The van der Waals surface area contributed by atoms with Crippen LogP contribution in [0.4, 0.5) is 0 Å². The van der Waals surface area contributed by atoms with E-state index in [4.69, 9.17) is 4.74 Å². The molecule has 2 aromatic rings. The maximum Gasteiger partial charge on any atom is 0.237 e. The fourth-order valence-corrected chi connectivity index (χ4v) is 3.22. The highest BCUT2D eigenvalue weighted by molar-refractivity contribution is 5.78. The predicted molar refractivity (Wildman–Crippen MR) is 103 cm³/mol. The molecular formula is C21H25N3O3. The second kappa shape index (κ2) is 9.30. The Kier molecular flexibility index (Phi) is 6.57. The normalized spacial score (nSPS) is 18.2. The van der Waals surface area contributed by atoms with E-state index in [9.17, 15) is 9.90 Å². The molecule has 0 spiro atoms. The van der Waals surface area contributed by atoms with Gasteiger partial charge in [-0.15, -0.1) is 0 Å². The van der Waals surface area contributed by atoms with Crippen LogP contribution in [0.3, 0.4) is 0 Å². The summed E-state index contributed by atoms with van der Waals surface area (Å²) in [4.78, 5) is 20.5. The molecule has 1 aliphatic heterocycles. The van der Waals surface area contributed by atoms with Crippen LogP contribution in [0.2, 0.25) is 0 Å². The Bertz CT molecular complexity index is 766. The molecule has 0 radical (unpaired) electrons. The Morgan fingerprint density at radius 2 is 2.07 bits per heavy atom. The fraction of sp³-hybridized carbons (Fsp3) is 0.333. The summed E-state index contributed by atoms with van der Waals surface area (Å²) in [5.41, 5.74) is 1.94. The maximum atomic E-state index is 12.7. The number of aromatic nitrogens is 1. The van der Waals surface area contributed by atoms with Crippen molar-refractivity contribution in [3.05, 3.63) is 72.6 Å². The first-order chi connectivity index (χ1) is 13.2. The van der Waals surface area contributed by atoms with Crippen molar-refractivity contribution in [2.75, 3.05) is 26.2 Å². The SMILES string of the molecule is C=CCOc1ccccc1CN1CC(=O)N(Cc2cccnc2)CC(O)C1. The van der Waals surface area contributed by atoms with E-state index in [1.165, 1.54) is 0 Å². The number of benzene rings is 1. The van der Waals surface area contributed by atoms with E-state index in [2.05, 4.69) is 11.6 Å². The molecule has 6 heteroatoms. The average molecular weight is 367 g/mol. The molecule has 1 aliphatic rings. The van der Waals surface area contributed by atoms with Gasteiger partial charge in [-0.2, -0.15) is 0 Å². The van der Waals surface area contributed by atoms with Gasteiger partial charge in [0.05, 0.1) is 12.6 Å². The zero-order valence-electron chi connectivity index (χ0n) is 15.3. The van der Waals surface area contributed by atoms with Gasteiger partial charge in [-0.05, 0) is 17.7 Å². The van der Waals surface area contributed by atoms with Crippen LogP contribution in [0.15, 0.2) is 61.4 Å². The third-order valence-electron chi connectivity index (χ3n) is 4.43. The van der Waals surface area contributed by atoms with Gasteiger partial charge in [0.1, 0.15) is 12.4 Å². The van der Waals surface area contributed by atoms with Gasteiger partial charge in [0.15, 0.2) is 0 Å². The molecular weight excluding hydrogens is 342 g/mol. The smallest absolute Gasteiger partial charge is 0.237 e. The van der Waals surface area contributed by atoms with E-state index < -0.39 is 6.10 Å². The minimum atomic E-state index is -0.602. The number of para-hydroxylation sites is 1. The third kappa shape index (κ3) is 5.39. The molecule has 1 atom stereocenters. The van der Waals surface area contributed by atoms with E-state index in [0.29, 0.717) is 32.8 Å². The first-order valence-corrected chi connectivity index (χ1v) is 9.04. The molecule has 1 N–H and O–H groups in total. The molecule has 1 aromatic carbocycles. The van der Waals surface area contributed by atoms with Crippen molar-refractivity contribution in [3.8, 4) is 5.75 Å². The van der Waals surface area contributed by atoms with Gasteiger partial charge in [0.2, 0.25) is 5.91 Å². The van der Waals surface area contributed by atoms with Crippen molar-refractivity contribution in [1.29, 1.82) is 0 Å². The second-order valence-electron chi connectivity index (χ2n) is 6.67. The van der Waals surface area contributed by atoms with Gasteiger partial charge in [-0.1, -0.05) is 36.9 Å². The number of hydrogen-bond acceptors (Lipinski definition) is 5. The lowest BCUT2D eigenvalue weighted by atomic mass is 10.2. The summed E-state index contributed by atoms with van der Waals surface area (Å²) in [7, 11) is 0. The van der Waals surface area contributed by atoms with Crippen LogP contribution < -0.4 is 4.74 Å². The van der Waals surface area contributed by atoms with E-state index in [0.717, 1.165) is 16.9 Å². The van der Waals surface area contributed by atoms with Gasteiger partial charge in [-0.3, -0.25) is 14.7 Å². The standard InChI is InChI=1S/C21H25N3O3/c1-2-10-27-20-8-4-3-7-18(20)13-23-14-19(25)15-24(21(26)16-23)12-17-6-5-9-22-11-17/h2-9,11,19,25H,1,10,12-16H2. The van der Waals surface area contributed by atoms with Crippen molar-refractivity contribution in [2.45, 2.75) is 19.2 Å². The van der Waals surface area contributed by atoms with Crippen LogP contribution in [0.5, 0.6) is 5.75 Å².